The van der Waals surface area contributed by atoms with Crippen LogP contribution in [0, 0.1) is 0 Å². The number of nitrogens with zero attached hydrogens (tertiary/aromatic N) is 3. The Kier molecular flexibility index (Phi) is 3.16. The number of nitrogen functional groups attached to an aromatic ring is 1. The molecule has 1 aromatic carbocycles. The first-order valence-corrected chi connectivity index (χ1v) is 5.04. The van der Waals surface area contributed by atoms with Gasteiger partial charge in [-0.2, -0.15) is 0 Å². The van der Waals surface area contributed by atoms with Gasteiger partial charge in [-0.05, 0) is 12.6 Å². The zero-order valence-corrected chi connectivity index (χ0v) is 9.13. The molecule has 0 aliphatic carbocycles. The van der Waals surface area contributed by atoms with Crippen molar-refractivity contribution < 1.29 is 4.42 Å². The Morgan fingerprint density at radius 3 is 2.56 bits per heavy atom. The van der Waals surface area contributed by atoms with E-state index < -0.39 is 0 Å². The minimum Gasteiger partial charge on any atom is -0.407 e. The first-order chi connectivity index (χ1) is 7.74. The van der Waals surface area contributed by atoms with Crippen molar-refractivity contribution in [2.24, 2.45) is 0 Å². The molecule has 5 heteroatoms. The fourth-order valence-corrected chi connectivity index (χ4v) is 1.51. The summed E-state index contributed by atoms with van der Waals surface area (Å²) in [5, 5.41) is 7.43. The minimum absolute atomic E-state index is 0.114. The second-order valence-corrected chi connectivity index (χ2v) is 3.69. The van der Waals surface area contributed by atoms with E-state index in [1.165, 1.54) is 5.56 Å². The summed E-state index contributed by atoms with van der Waals surface area (Å²) >= 11 is 0. The molecule has 1 aromatic heterocycles. The van der Waals surface area contributed by atoms with Crippen molar-refractivity contribution in [1.82, 2.24) is 15.1 Å². The van der Waals surface area contributed by atoms with Gasteiger partial charge in [0.25, 0.3) is 0 Å². The van der Waals surface area contributed by atoms with E-state index in [9.17, 15) is 0 Å². The maximum absolute atomic E-state index is 5.35. The first-order valence-electron chi connectivity index (χ1n) is 5.04. The number of rotatable bonds is 4. The van der Waals surface area contributed by atoms with Gasteiger partial charge in [0, 0.05) is 6.54 Å². The van der Waals surface area contributed by atoms with Crippen LogP contribution in [0.15, 0.2) is 34.7 Å². The van der Waals surface area contributed by atoms with Crippen LogP contribution in [0.4, 0.5) is 6.01 Å². The van der Waals surface area contributed by atoms with E-state index in [-0.39, 0.29) is 6.01 Å². The van der Waals surface area contributed by atoms with Crippen LogP contribution >= 0.6 is 0 Å². The van der Waals surface area contributed by atoms with E-state index >= 15 is 0 Å². The monoisotopic (exact) mass is 218 g/mol. The standard InChI is InChI=1S/C11H14N4O/c1-15(7-9-5-3-2-4-6-9)8-10-13-14-11(12)16-10/h2-6H,7-8H2,1H3,(H2,12,14). The summed E-state index contributed by atoms with van der Waals surface area (Å²) in [4.78, 5) is 2.09. The maximum Gasteiger partial charge on any atom is 0.312 e. The number of aromatic nitrogens is 2. The van der Waals surface area contributed by atoms with Crippen molar-refractivity contribution in [2.45, 2.75) is 13.1 Å². The Morgan fingerprint density at radius 2 is 1.94 bits per heavy atom. The molecule has 0 radical (unpaired) electrons. The quantitative estimate of drug-likeness (QED) is 0.837. The number of anilines is 1. The van der Waals surface area contributed by atoms with Crippen LogP contribution in [0.25, 0.3) is 0 Å². The molecule has 2 rings (SSSR count). The molecule has 16 heavy (non-hydrogen) atoms. The van der Waals surface area contributed by atoms with Crippen LogP contribution in [0.2, 0.25) is 0 Å². The Morgan fingerprint density at radius 1 is 1.19 bits per heavy atom. The smallest absolute Gasteiger partial charge is 0.312 e. The van der Waals surface area contributed by atoms with Crippen molar-refractivity contribution in [3.05, 3.63) is 41.8 Å². The molecule has 0 saturated heterocycles. The average molecular weight is 218 g/mol. The van der Waals surface area contributed by atoms with Gasteiger partial charge in [-0.1, -0.05) is 35.4 Å². The lowest BCUT2D eigenvalue weighted by Crippen LogP contribution is -2.17. The molecule has 0 saturated carbocycles. The maximum atomic E-state index is 5.35. The molecular weight excluding hydrogens is 204 g/mol. The number of hydrogen-bond donors (Lipinski definition) is 1. The lowest BCUT2D eigenvalue weighted by Gasteiger charge is -2.13. The second-order valence-electron chi connectivity index (χ2n) is 3.69. The first kappa shape index (κ1) is 10.6. The Balaban J connectivity index is 1.92. The molecule has 0 bridgehead atoms. The van der Waals surface area contributed by atoms with Gasteiger partial charge < -0.3 is 10.2 Å². The Bertz CT molecular complexity index is 440. The van der Waals surface area contributed by atoms with E-state index in [0.717, 1.165) is 6.54 Å². The molecule has 0 atom stereocenters. The zero-order valence-electron chi connectivity index (χ0n) is 9.13. The molecule has 84 valence electrons. The summed E-state index contributed by atoms with van der Waals surface area (Å²) in [6.45, 7) is 1.43. The summed E-state index contributed by atoms with van der Waals surface area (Å²) < 4.78 is 5.11. The summed E-state index contributed by atoms with van der Waals surface area (Å²) in [5.41, 5.74) is 6.60. The zero-order chi connectivity index (χ0) is 11.4. The number of hydrogen-bond acceptors (Lipinski definition) is 5. The van der Waals surface area contributed by atoms with E-state index in [2.05, 4.69) is 27.2 Å². The summed E-state index contributed by atoms with van der Waals surface area (Å²) in [6, 6.07) is 10.3. The van der Waals surface area contributed by atoms with Gasteiger partial charge in [0.2, 0.25) is 5.89 Å². The summed E-state index contributed by atoms with van der Waals surface area (Å²) in [5.74, 6) is 0.538. The fraction of sp³-hybridized carbons (Fsp3) is 0.273. The lowest BCUT2D eigenvalue weighted by atomic mass is 10.2. The van der Waals surface area contributed by atoms with E-state index in [0.29, 0.717) is 12.4 Å². The SMILES string of the molecule is CN(Cc1ccccc1)Cc1nnc(N)o1. The molecule has 0 fully saturated rings. The van der Waals surface area contributed by atoms with Crippen molar-refractivity contribution in [1.29, 1.82) is 0 Å². The van der Waals surface area contributed by atoms with Gasteiger partial charge in [0.1, 0.15) is 0 Å². The second kappa shape index (κ2) is 4.76. The molecule has 0 amide bonds. The molecule has 5 nitrogen and oxygen atoms in total. The van der Waals surface area contributed by atoms with Crippen molar-refractivity contribution in [2.75, 3.05) is 12.8 Å². The highest BCUT2D eigenvalue weighted by Crippen LogP contribution is 2.07. The fourth-order valence-electron chi connectivity index (χ4n) is 1.51. The molecule has 2 aromatic rings. The summed E-state index contributed by atoms with van der Waals surface area (Å²) in [7, 11) is 1.99. The van der Waals surface area contributed by atoms with E-state index in [4.69, 9.17) is 10.2 Å². The van der Waals surface area contributed by atoms with Crippen LogP contribution in [-0.2, 0) is 13.1 Å². The third kappa shape index (κ3) is 2.80. The van der Waals surface area contributed by atoms with Gasteiger partial charge in [-0.3, -0.25) is 4.90 Å². The molecular formula is C11H14N4O. The van der Waals surface area contributed by atoms with Gasteiger partial charge in [-0.15, -0.1) is 5.10 Å². The largest absolute Gasteiger partial charge is 0.407 e. The number of benzene rings is 1. The van der Waals surface area contributed by atoms with Gasteiger partial charge in [-0.25, -0.2) is 0 Å². The topological polar surface area (TPSA) is 68.2 Å². The number of nitrogens with two attached hydrogens (primary N) is 1. The lowest BCUT2D eigenvalue weighted by molar-refractivity contribution is 0.283. The highest BCUT2D eigenvalue weighted by atomic mass is 16.4. The normalized spacial score (nSPS) is 10.9. The van der Waals surface area contributed by atoms with Crippen LogP contribution in [0.3, 0.4) is 0 Å². The van der Waals surface area contributed by atoms with Gasteiger partial charge in [0.05, 0.1) is 6.54 Å². The van der Waals surface area contributed by atoms with Gasteiger partial charge in [0.15, 0.2) is 0 Å². The van der Waals surface area contributed by atoms with Crippen molar-refractivity contribution in [3.8, 4) is 0 Å². The van der Waals surface area contributed by atoms with Crippen molar-refractivity contribution in [3.63, 3.8) is 0 Å². The van der Waals surface area contributed by atoms with Gasteiger partial charge >= 0.3 is 6.01 Å². The van der Waals surface area contributed by atoms with E-state index in [1.54, 1.807) is 0 Å². The third-order valence-electron chi connectivity index (χ3n) is 2.18. The molecule has 0 aliphatic rings. The average Bonchev–Trinajstić information content (AvgIpc) is 2.65. The highest BCUT2D eigenvalue weighted by Gasteiger charge is 2.07. The molecule has 0 aliphatic heterocycles. The molecule has 2 N–H and O–H groups in total. The van der Waals surface area contributed by atoms with Crippen molar-refractivity contribution >= 4 is 6.01 Å². The predicted molar refractivity (Wildman–Crippen MR) is 60.3 cm³/mol. The van der Waals surface area contributed by atoms with Crippen LogP contribution in [0.1, 0.15) is 11.5 Å². The third-order valence-corrected chi connectivity index (χ3v) is 2.18. The Labute approximate surface area is 93.9 Å². The highest BCUT2D eigenvalue weighted by molar-refractivity contribution is 5.14. The van der Waals surface area contributed by atoms with Crippen LogP contribution in [0.5, 0.6) is 0 Å². The summed E-state index contributed by atoms with van der Waals surface area (Å²) in [6.07, 6.45) is 0. The molecule has 0 unspecified atom stereocenters. The predicted octanol–water partition coefficient (Wildman–Crippen LogP) is 1.28. The molecule has 1 heterocycles. The molecule has 0 spiro atoms. The van der Waals surface area contributed by atoms with E-state index in [1.807, 2.05) is 25.2 Å². The Hall–Kier alpha value is -1.88. The van der Waals surface area contributed by atoms with Crippen LogP contribution < -0.4 is 5.73 Å². The van der Waals surface area contributed by atoms with Crippen LogP contribution in [-0.4, -0.2) is 22.1 Å². The minimum atomic E-state index is 0.114.